The molecule has 0 bridgehead atoms. The lowest BCUT2D eigenvalue weighted by Crippen LogP contribution is -2.35. The van der Waals surface area contributed by atoms with Crippen LogP contribution in [-0.2, 0) is 22.6 Å². The molecule has 0 fully saturated rings. The second kappa shape index (κ2) is 6.28. The summed E-state index contributed by atoms with van der Waals surface area (Å²) < 4.78 is 5.13. The number of benzene rings is 1. The summed E-state index contributed by atoms with van der Waals surface area (Å²) in [5, 5.41) is 2.96. The van der Waals surface area contributed by atoms with Crippen LogP contribution >= 0.6 is 0 Å². The number of nitrogens with one attached hydrogen (secondary N) is 1. The molecule has 1 aromatic rings. The molecule has 3 heteroatoms. The Morgan fingerprint density at radius 1 is 1.25 bits per heavy atom. The Balaban J connectivity index is 0.000000606. The van der Waals surface area contributed by atoms with Crippen LogP contribution in [0.5, 0.6) is 0 Å². The van der Waals surface area contributed by atoms with E-state index in [2.05, 4.69) is 5.32 Å². The molecule has 1 heterocycles. The summed E-state index contributed by atoms with van der Waals surface area (Å²) >= 11 is 0. The Labute approximate surface area is 96.8 Å². The van der Waals surface area contributed by atoms with Gasteiger partial charge in [-0.1, -0.05) is 38.1 Å². The van der Waals surface area contributed by atoms with Gasteiger partial charge in [-0.05, 0) is 24.6 Å². The van der Waals surface area contributed by atoms with Gasteiger partial charge in [-0.3, -0.25) is 4.79 Å². The Bertz CT molecular complexity index is 350. The van der Waals surface area contributed by atoms with Crippen LogP contribution in [0.25, 0.3) is 0 Å². The monoisotopic (exact) mass is 221 g/mol. The summed E-state index contributed by atoms with van der Waals surface area (Å²) in [7, 11) is 1.78. The van der Waals surface area contributed by atoms with Gasteiger partial charge in [0, 0.05) is 0 Å². The first-order chi connectivity index (χ1) is 7.81. The first-order valence-electron chi connectivity index (χ1n) is 5.72. The van der Waals surface area contributed by atoms with Crippen molar-refractivity contribution >= 4 is 5.97 Å². The van der Waals surface area contributed by atoms with Gasteiger partial charge in [-0.2, -0.15) is 0 Å². The average molecular weight is 221 g/mol. The molecule has 1 N–H and O–H groups in total. The molecular weight excluding hydrogens is 202 g/mol. The van der Waals surface area contributed by atoms with Gasteiger partial charge in [0.1, 0.15) is 12.6 Å². The lowest BCUT2D eigenvalue weighted by molar-refractivity contribution is -0.146. The Kier molecular flexibility index (Phi) is 4.99. The maximum Gasteiger partial charge on any atom is 0.323 e. The first-order valence-corrected chi connectivity index (χ1v) is 5.72. The second-order valence-electron chi connectivity index (χ2n) is 3.42. The first kappa shape index (κ1) is 12.7. The third-order valence-electron chi connectivity index (χ3n) is 2.55. The Morgan fingerprint density at radius 2 is 1.88 bits per heavy atom. The fourth-order valence-corrected chi connectivity index (χ4v) is 1.67. The molecule has 1 atom stereocenters. The van der Waals surface area contributed by atoms with Gasteiger partial charge in [0.2, 0.25) is 0 Å². The smallest absolute Gasteiger partial charge is 0.323 e. The highest BCUT2D eigenvalue weighted by molar-refractivity contribution is 5.76. The van der Waals surface area contributed by atoms with Gasteiger partial charge in [0.25, 0.3) is 0 Å². The molecule has 0 saturated heterocycles. The van der Waals surface area contributed by atoms with Gasteiger partial charge < -0.3 is 10.1 Å². The topological polar surface area (TPSA) is 38.3 Å². The summed E-state index contributed by atoms with van der Waals surface area (Å²) in [6.45, 7) is 4.40. The molecule has 3 nitrogen and oxygen atoms in total. The fourth-order valence-electron chi connectivity index (χ4n) is 1.67. The van der Waals surface area contributed by atoms with Gasteiger partial charge in [-0.15, -0.1) is 0 Å². The zero-order valence-electron chi connectivity index (χ0n) is 10.1. The summed E-state index contributed by atoms with van der Waals surface area (Å²) in [6, 6.07) is 7.79. The quantitative estimate of drug-likeness (QED) is 0.736. The van der Waals surface area contributed by atoms with Crippen LogP contribution in [-0.4, -0.2) is 19.1 Å². The third kappa shape index (κ3) is 2.83. The van der Waals surface area contributed by atoms with Crippen molar-refractivity contribution in [3.8, 4) is 0 Å². The van der Waals surface area contributed by atoms with Crippen molar-refractivity contribution in [1.29, 1.82) is 0 Å². The number of hydrogen-bond acceptors (Lipinski definition) is 3. The van der Waals surface area contributed by atoms with Crippen LogP contribution < -0.4 is 5.32 Å². The van der Waals surface area contributed by atoms with Crippen molar-refractivity contribution in [3.63, 3.8) is 0 Å². The molecule has 16 heavy (non-hydrogen) atoms. The van der Waals surface area contributed by atoms with Crippen LogP contribution in [0.15, 0.2) is 24.3 Å². The molecular formula is C13H19NO2. The van der Waals surface area contributed by atoms with Crippen molar-refractivity contribution in [1.82, 2.24) is 5.32 Å². The average Bonchev–Trinajstić information content (AvgIpc) is 2.51. The van der Waals surface area contributed by atoms with Crippen molar-refractivity contribution in [2.75, 3.05) is 7.05 Å². The lowest BCUT2D eigenvalue weighted by Gasteiger charge is -2.10. The SMILES string of the molecule is CC.CNC1Cc2ccccc2COC1=O. The van der Waals surface area contributed by atoms with E-state index in [1.165, 1.54) is 5.56 Å². The molecule has 0 aliphatic carbocycles. The number of carbonyl (C=O) groups excluding carboxylic acids is 1. The standard InChI is InChI=1S/C11H13NO2.C2H6/c1-12-10-6-8-4-2-3-5-9(8)7-14-11(10)13;1-2/h2-5,10,12H,6-7H2,1H3;1-2H3. The number of ether oxygens (including phenoxy) is 1. The van der Waals surface area contributed by atoms with Crippen LogP contribution in [0.2, 0.25) is 0 Å². The molecule has 2 rings (SSSR count). The van der Waals surface area contributed by atoms with Gasteiger partial charge in [-0.25, -0.2) is 0 Å². The Hall–Kier alpha value is -1.35. The van der Waals surface area contributed by atoms with Crippen LogP contribution in [0.3, 0.4) is 0 Å². The number of carbonyl (C=O) groups is 1. The highest BCUT2D eigenvalue weighted by Crippen LogP contribution is 2.16. The molecule has 1 unspecified atom stereocenters. The van der Waals surface area contributed by atoms with Crippen molar-refractivity contribution in [3.05, 3.63) is 35.4 Å². The van der Waals surface area contributed by atoms with Crippen molar-refractivity contribution in [2.45, 2.75) is 32.9 Å². The number of esters is 1. The largest absolute Gasteiger partial charge is 0.460 e. The number of hydrogen-bond donors (Lipinski definition) is 1. The van der Waals surface area contributed by atoms with E-state index in [0.717, 1.165) is 5.56 Å². The van der Waals surface area contributed by atoms with Gasteiger partial charge >= 0.3 is 5.97 Å². The van der Waals surface area contributed by atoms with E-state index < -0.39 is 0 Å². The summed E-state index contributed by atoms with van der Waals surface area (Å²) in [4.78, 5) is 11.4. The normalized spacial score (nSPS) is 18.7. The highest BCUT2D eigenvalue weighted by Gasteiger charge is 2.23. The number of likely N-dealkylation sites (N-methyl/N-ethyl adjacent to an activating group) is 1. The predicted octanol–water partition coefficient (Wildman–Crippen LogP) is 1.90. The predicted molar refractivity (Wildman–Crippen MR) is 64.1 cm³/mol. The molecule has 0 saturated carbocycles. The summed E-state index contributed by atoms with van der Waals surface area (Å²) in [5.74, 6) is -0.163. The van der Waals surface area contributed by atoms with E-state index in [1.807, 2.05) is 38.1 Å². The van der Waals surface area contributed by atoms with E-state index in [4.69, 9.17) is 4.74 Å². The number of fused-ring (bicyclic) bond motifs is 1. The van der Waals surface area contributed by atoms with Crippen molar-refractivity contribution in [2.24, 2.45) is 0 Å². The fraction of sp³-hybridized carbons (Fsp3) is 0.462. The molecule has 0 aromatic heterocycles. The number of rotatable bonds is 1. The lowest BCUT2D eigenvalue weighted by atomic mass is 10.0. The van der Waals surface area contributed by atoms with E-state index in [1.54, 1.807) is 7.05 Å². The highest BCUT2D eigenvalue weighted by atomic mass is 16.5. The molecule has 88 valence electrons. The minimum Gasteiger partial charge on any atom is -0.460 e. The van der Waals surface area contributed by atoms with Gasteiger partial charge in [0.05, 0.1) is 0 Å². The molecule has 0 spiro atoms. The second-order valence-corrected chi connectivity index (χ2v) is 3.42. The maximum absolute atomic E-state index is 11.4. The van der Waals surface area contributed by atoms with E-state index in [0.29, 0.717) is 13.0 Å². The van der Waals surface area contributed by atoms with E-state index >= 15 is 0 Å². The maximum atomic E-state index is 11.4. The van der Waals surface area contributed by atoms with Crippen LogP contribution in [0.1, 0.15) is 25.0 Å². The summed E-state index contributed by atoms with van der Waals surface area (Å²) in [6.07, 6.45) is 0.714. The van der Waals surface area contributed by atoms with Crippen LogP contribution in [0, 0.1) is 0 Å². The summed E-state index contributed by atoms with van der Waals surface area (Å²) in [5.41, 5.74) is 2.30. The van der Waals surface area contributed by atoms with E-state index in [-0.39, 0.29) is 12.0 Å². The van der Waals surface area contributed by atoms with Crippen LogP contribution in [0.4, 0.5) is 0 Å². The number of cyclic esters (lactones) is 1. The van der Waals surface area contributed by atoms with Crippen molar-refractivity contribution < 1.29 is 9.53 Å². The third-order valence-corrected chi connectivity index (χ3v) is 2.55. The van der Waals surface area contributed by atoms with E-state index in [9.17, 15) is 4.79 Å². The molecule has 0 amide bonds. The molecule has 1 aliphatic rings. The van der Waals surface area contributed by atoms with Gasteiger partial charge in [0.15, 0.2) is 0 Å². The Morgan fingerprint density at radius 3 is 2.50 bits per heavy atom. The minimum atomic E-state index is -0.210. The minimum absolute atomic E-state index is 0.163. The zero-order valence-corrected chi connectivity index (χ0v) is 10.1. The zero-order chi connectivity index (χ0) is 12.0. The molecule has 1 aromatic carbocycles. The molecule has 1 aliphatic heterocycles. The molecule has 0 radical (unpaired) electrons.